The number of halogens is 1. The Morgan fingerprint density at radius 2 is 2.32 bits per heavy atom. The van der Waals surface area contributed by atoms with Gasteiger partial charge >= 0.3 is 5.97 Å². The largest absolute Gasteiger partial charge is 0.481 e. The van der Waals surface area contributed by atoms with E-state index >= 15 is 0 Å². The van der Waals surface area contributed by atoms with Crippen molar-refractivity contribution in [3.05, 3.63) is 34.9 Å². The number of piperazine rings is 1. The van der Waals surface area contributed by atoms with Gasteiger partial charge in [0, 0.05) is 24.7 Å². The summed E-state index contributed by atoms with van der Waals surface area (Å²) in [6.07, 6.45) is -0.188. The van der Waals surface area contributed by atoms with Crippen molar-refractivity contribution in [3.63, 3.8) is 0 Å². The highest BCUT2D eigenvalue weighted by molar-refractivity contribution is 6.30. The van der Waals surface area contributed by atoms with E-state index in [2.05, 4.69) is 5.32 Å². The van der Waals surface area contributed by atoms with Gasteiger partial charge in [-0.05, 0) is 17.7 Å². The highest BCUT2D eigenvalue weighted by atomic mass is 35.5. The van der Waals surface area contributed by atoms with Crippen LogP contribution in [0.4, 0.5) is 0 Å². The Morgan fingerprint density at radius 3 is 3.00 bits per heavy atom. The van der Waals surface area contributed by atoms with Crippen LogP contribution in [0.15, 0.2) is 24.3 Å². The Bertz CT molecular complexity index is 493. The Kier molecular flexibility index (Phi) is 4.39. The van der Waals surface area contributed by atoms with E-state index in [9.17, 15) is 9.59 Å². The van der Waals surface area contributed by atoms with Crippen LogP contribution in [0.25, 0.3) is 0 Å². The van der Waals surface area contributed by atoms with Gasteiger partial charge in [-0.3, -0.25) is 14.5 Å². The molecule has 2 N–H and O–H groups in total. The second-order valence-electron chi connectivity index (χ2n) is 4.51. The fraction of sp³-hybridized carbons (Fsp3) is 0.385. The van der Waals surface area contributed by atoms with Crippen LogP contribution in [0.5, 0.6) is 0 Å². The highest BCUT2D eigenvalue weighted by Crippen LogP contribution is 2.16. The first-order valence-electron chi connectivity index (χ1n) is 6.04. The lowest BCUT2D eigenvalue weighted by Gasteiger charge is -2.34. The molecule has 0 spiro atoms. The third-order valence-corrected chi connectivity index (χ3v) is 3.32. The van der Waals surface area contributed by atoms with Gasteiger partial charge < -0.3 is 10.4 Å². The molecule has 1 aliphatic rings. The molecule has 6 heteroatoms. The van der Waals surface area contributed by atoms with E-state index in [0.717, 1.165) is 5.56 Å². The number of rotatable bonds is 4. The minimum Gasteiger partial charge on any atom is -0.481 e. The fourth-order valence-electron chi connectivity index (χ4n) is 2.21. The maximum Gasteiger partial charge on any atom is 0.305 e. The number of aliphatic carboxylic acids is 1. The molecule has 5 nitrogen and oxygen atoms in total. The van der Waals surface area contributed by atoms with E-state index in [-0.39, 0.29) is 12.3 Å². The molecular weight excluding hydrogens is 268 g/mol. The van der Waals surface area contributed by atoms with Gasteiger partial charge in [0.2, 0.25) is 5.91 Å². The van der Waals surface area contributed by atoms with Crippen molar-refractivity contribution in [1.82, 2.24) is 10.2 Å². The number of carbonyl (C=O) groups excluding carboxylic acids is 1. The maximum absolute atomic E-state index is 11.8. The van der Waals surface area contributed by atoms with Crippen molar-refractivity contribution >= 4 is 23.5 Å². The quantitative estimate of drug-likeness (QED) is 0.868. The third kappa shape index (κ3) is 3.68. The summed E-state index contributed by atoms with van der Waals surface area (Å²) < 4.78 is 0. The third-order valence-electron chi connectivity index (χ3n) is 3.08. The first-order chi connectivity index (χ1) is 9.06. The van der Waals surface area contributed by atoms with E-state index in [4.69, 9.17) is 16.7 Å². The number of amides is 1. The van der Waals surface area contributed by atoms with Crippen molar-refractivity contribution in [2.45, 2.75) is 19.0 Å². The number of benzene rings is 1. The van der Waals surface area contributed by atoms with E-state index in [1.807, 2.05) is 23.1 Å². The summed E-state index contributed by atoms with van der Waals surface area (Å²) in [5.74, 6) is -1.20. The number of carbonyl (C=O) groups is 2. The molecule has 1 fully saturated rings. The van der Waals surface area contributed by atoms with Gasteiger partial charge in [0.25, 0.3) is 0 Å². The first-order valence-corrected chi connectivity index (χ1v) is 6.42. The topological polar surface area (TPSA) is 69.6 Å². The summed E-state index contributed by atoms with van der Waals surface area (Å²) in [5, 5.41) is 12.2. The van der Waals surface area contributed by atoms with Gasteiger partial charge in [-0.15, -0.1) is 0 Å². The fourth-order valence-corrected chi connectivity index (χ4v) is 2.42. The predicted octanol–water partition coefficient (Wildman–Crippen LogP) is 1.12. The van der Waals surface area contributed by atoms with Gasteiger partial charge in [0.05, 0.1) is 6.42 Å². The van der Waals surface area contributed by atoms with E-state index < -0.39 is 12.0 Å². The average Bonchev–Trinajstić information content (AvgIpc) is 2.33. The van der Waals surface area contributed by atoms with Crippen LogP contribution in [0, 0.1) is 0 Å². The van der Waals surface area contributed by atoms with Crippen LogP contribution >= 0.6 is 11.6 Å². The van der Waals surface area contributed by atoms with Crippen LogP contribution in [-0.2, 0) is 16.1 Å². The zero-order valence-corrected chi connectivity index (χ0v) is 11.1. The number of carboxylic acid groups (broad SMARTS) is 1. The molecule has 1 amide bonds. The van der Waals surface area contributed by atoms with Crippen LogP contribution in [0.1, 0.15) is 12.0 Å². The minimum atomic E-state index is -0.974. The number of hydrogen-bond acceptors (Lipinski definition) is 3. The number of nitrogens with one attached hydrogen (secondary N) is 1. The summed E-state index contributed by atoms with van der Waals surface area (Å²) in [5.41, 5.74) is 0.970. The minimum absolute atomic E-state index is 0.188. The normalized spacial score (nSPS) is 20.1. The molecule has 0 radical (unpaired) electrons. The molecule has 1 unspecified atom stereocenters. The second kappa shape index (κ2) is 6.04. The summed E-state index contributed by atoms with van der Waals surface area (Å²) in [7, 11) is 0. The lowest BCUT2D eigenvalue weighted by molar-refractivity contribution is -0.143. The lowest BCUT2D eigenvalue weighted by atomic mass is 10.1. The van der Waals surface area contributed by atoms with Gasteiger partial charge in [0.15, 0.2) is 0 Å². The molecule has 0 saturated carbocycles. The van der Waals surface area contributed by atoms with Gasteiger partial charge in [-0.1, -0.05) is 23.7 Å². The first kappa shape index (κ1) is 13.8. The van der Waals surface area contributed by atoms with E-state index in [0.29, 0.717) is 24.7 Å². The molecule has 2 rings (SSSR count). The number of nitrogens with zero attached hydrogens (tertiary/aromatic N) is 1. The zero-order chi connectivity index (χ0) is 13.8. The van der Waals surface area contributed by atoms with Crippen molar-refractivity contribution in [2.24, 2.45) is 0 Å². The maximum atomic E-state index is 11.8. The molecule has 1 aliphatic heterocycles. The van der Waals surface area contributed by atoms with Crippen molar-refractivity contribution in [3.8, 4) is 0 Å². The number of hydrogen-bond donors (Lipinski definition) is 2. The van der Waals surface area contributed by atoms with E-state index in [1.165, 1.54) is 0 Å². The molecular formula is C13H15ClN2O3. The molecule has 1 saturated heterocycles. The smallest absolute Gasteiger partial charge is 0.305 e. The van der Waals surface area contributed by atoms with Crippen LogP contribution in [0.2, 0.25) is 5.02 Å². The lowest BCUT2D eigenvalue weighted by Crippen LogP contribution is -2.55. The summed E-state index contributed by atoms with van der Waals surface area (Å²) in [6.45, 7) is 1.69. The van der Waals surface area contributed by atoms with Crippen LogP contribution in [0.3, 0.4) is 0 Å². The predicted molar refractivity (Wildman–Crippen MR) is 70.9 cm³/mol. The monoisotopic (exact) mass is 282 g/mol. The van der Waals surface area contributed by atoms with Crippen molar-refractivity contribution < 1.29 is 14.7 Å². The van der Waals surface area contributed by atoms with Gasteiger partial charge in [-0.25, -0.2) is 0 Å². The van der Waals surface area contributed by atoms with Crippen molar-refractivity contribution in [2.75, 3.05) is 13.1 Å². The summed E-state index contributed by atoms with van der Waals surface area (Å²) in [6, 6.07) is 6.74. The average molecular weight is 283 g/mol. The summed E-state index contributed by atoms with van der Waals surface area (Å²) in [4.78, 5) is 24.5. The molecule has 0 aliphatic carbocycles. The molecule has 1 aromatic rings. The van der Waals surface area contributed by atoms with Gasteiger partial charge in [-0.2, -0.15) is 0 Å². The second-order valence-corrected chi connectivity index (χ2v) is 4.94. The molecule has 1 aromatic carbocycles. The molecule has 102 valence electrons. The Hall–Kier alpha value is -1.59. The summed E-state index contributed by atoms with van der Waals surface area (Å²) >= 11 is 5.92. The van der Waals surface area contributed by atoms with E-state index in [1.54, 1.807) is 6.07 Å². The Labute approximate surface area is 116 Å². The molecule has 19 heavy (non-hydrogen) atoms. The van der Waals surface area contributed by atoms with Gasteiger partial charge in [0.1, 0.15) is 6.04 Å². The van der Waals surface area contributed by atoms with Crippen molar-refractivity contribution in [1.29, 1.82) is 0 Å². The zero-order valence-electron chi connectivity index (χ0n) is 10.3. The molecule has 1 heterocycles. The van der Waals surface area contributed by atoms with Crippen LogP contribution < -0.4 is 5.32 Å². The molecule has 1 atom stereocenters. The number of carboxylic acids is 1. The molecule has 0 aromatic heterocycles. The molecule has 0 bridgehead atoms. The Morgan fingerprint density at radius 1 is 1.53 bits per heavy atom. The van der Waals surface area contributed by atoms with Crippen LogP contribution in [-0.4, -0.2) is 41.0 Å². The Balaban J connectivity index is 2.11. The highest BCUT2D eigenvalue weighted by Gasteiger charge is 2.31. The standard InChI is InChI=1S/C13H15ClN2O3/c14-10-3-1-2-9(6-10)8-16-5-4-15-13(19)11(16)7-12(17)18/h1-3,6,11H,4-5,7-8H2,(H,15,19)(H,17,18). The SMILES string of the molecule is O=C(O)CC1C(=O)NCCN1Cc1cccc(Cl)c1.